The molecule has 1 aliphatic heterocycles. The van der Waals surface area contributed by atoms with Gasteiger partial charge in [0.25, 0.3) is 0 Å². The predicted molar refractivity (Wildman–Crippen MR) is 166 cm³/mol. The topological polar surface area (TPSA) is 80.1 Å². The predicted octanol–water partition coefficient (Wildman–Crippen LogP) is 6.10. The van der Waals surface area contributed by atoms with Crippen LogP contribution in [0.15, 0.2) is 90.6 Å². The molecule has 3 aromatic heterocycles. The molecule has 1 aliphatic rings. The number of aromatic nitrogens is 3. The van der Waals surface area contributed by atoms with Crippen LogP contribution < -0.4 is 10.2 Å². The van der Waals surface area contributed by atoms with Gasteiger partial charge in [-0.3, -0.25) is 19.5 Å². The number of carbonyl (C=O) groups excluding carboxylic acids is 2. The minimum atomic E-state index is -0.248. The van der Waals surface area contributed by atoms with Crippen LogP contribution in [0.1, 0.15) is 32.4 Å². The van der Waals surface area contributed by atoms with Crippen molar-refractivity contribution < 1.29 is 9.59 Å². The molecule has 0 saturated carbocycles. The molecule has 1 atom stereocenters. The van der Waals surface area contributed by atoms with E-state index in [1.165, 1.54) is 0 Å². The standard InChI is InChI=1S/C32H29N5O2S2/c1-21-12-13-25(22(2)16-21)37-32-29(30(35-37)24-9-4-3-5-10-24)31(26-11-7-15-40-26)41-20-28(39)36(32)19-27(38)34-18-23-8-6-14-33-17-23/h3-17,31H,18-20H2,1-2H3,(H,34,38)/t31-/m0/s1. The van der Waals surface area contributed by atoms with Gasteiger partial charge in [-0.1, -0.05) is 60.2 Å². The number of hydrogen-bond donors (Lipinski definition) is 1. The quantitative estimate of drug-likeness (QED) is 0.252. The van der Waals surface area contributed by atoms with Crippen LogP contribution in [0.4, 0.5) is 5.82 Å². The number of anilines is 1. The van der Waals surface area contributed by atoms with Crippen molar-refractivity contribution >= 4 is 40.7 Å². The average molecular weight is 580 g/mol. The summed E-state index contributed by atoms with van der Waals surface area (Å²) in [6.07, 6.45) is 3.42. The van der Waals surface area contributed by atoms with Crippen molar-refractivity contribution in [1.82, 2.24) is 20.1 Å². The molecule has 9 heteroatoms. The summed E-state index contributed by atoms with van der Waals surface area (Å²) >= 11 is 3.25. The number of thioether (sulfide) groups is 1. The highest BCUT2D eigenvalue weighted by molar-refractivity contribution is 8.00. The second kappa shape index (κ2) is 11.7. The second-order valence-corrected chi connectivity index (χ2v) is 12.1. The van der Waals surface area contributed by atoms with Crippen LogP contribution >= 0.6 is 23.1 Å². The molecule has 0 saturated heterocycles. The van der Waals surface area contributed by atoms with Gasteiger partial charge in [-0.2, -0.15) is 5.10 Å². The highest BCUT2D eigenvalue weighted by Crippen LogP contribution is 2.49. The number of nitrogens with one attached hydrogen (secondary N) is 1. The van der Waals surface area contributed by atoms with Crippen molar-refractivity contribution in [2.24, 2.45) is 0 Å². The third kappa shape index (κ3) is 5.55. The third-order valence-corrected chi connectivity index (χ3v) is 9.36. The summed E-state index contributed by atoms with van der Waals surface area (Å²) in [4.78, 5) is 34.1. The van der Waals surface area contributed by atoms with Gasteiger partial charge in [0.05, 0.1) is 22.4 Å². The van der Waals surface area contributed by atoms with E-state index in [0.29, 0.717) is 12.4 Å². The Morgan fingerprint density at radius 3 is 2.63 bits per heavy atom. The van der Waals surface area contributed by atoms with Gasteiger partial charge in [0.2, 0.25) is 11.8 Å². The highest BCUT2D eigenvalue weighted by Gasteiger charge is 2.38. The van der Waals surface area contributed by atoms with E-state index in [1.54, 1.807) is 40.4 Å². The van der Waals surface area contributed by atoms with Gasteiger partial charge in [0, 0.05) is 34.9 Å². The Hall–Kier alpha value is -4.21. The van der Waals surface area contributed by atoms with E-state index in [1.807, 2.05) is 72.3 Å². The smallest absolute Gasteiger partial charge is 0.240 e. The minimum absolute atomic E-state index is 0.116. The van der Waals surface area contributed by atoms with Gasteiger partial charge in [-0.15, -0.1) is 23.1 Å². The number of thiophene rings is 1. The summed E-state index contributed by atoms with van der Waals surface area (Å²) < 4.78 is 1.87. The Balaban J connectivity index is 1.52. The van der Waals surface area contributed by atoms with E-state index >= 15 is 0 Å². The Morgan fingerprint density at radius 2 is 1.90 bits per heavy atom. The van der Waals surface area contributed by atoms with E-state index in [4.69, 9.17) is 5.10 Å². The number of pyridine rings is 1. The third-order valence-electron chi connectivity index (χ3n) is 7.03. The first-order valence-electron chi connectivity index (χ1n) is 13.4. The van der Waals surface area contributed by atoms with Crippen molar-refractivity contribution in [2.75, 3.05) is 17.2 Å². The number of carbonyl (C=O) groups is 2. The van der Waals surface area contributed by atoms with Crippen LogP contribution in [0.2, 0.25) is 0 Å². The van der Waals surface area contributed by atoms with Crippen molar-refractivity contribution in [3.05, 3.63) is 118 Å². The zero-order chi connectivity index (χ0) is 28.3. The first-order valence-corrected chi connectivity index (χ1v) is 15.3. The summed E-state index contributed by atoms with van der Waals surface area (Å²) in [5.74, 6) is 0.509. The molecule has 7 nitrogen and oxygen atoms in total. The van der Waals surface area contributed by atoms with E-state index in [9.17, 15) is 9.59 Å². The first-order chi connectivity index (χ1) is 20.0. The lowest BCUT2D eigenvalue weighted by atomic mass is 10.0. The van der Waals surface area contributed by atoms with Gasteiger partial charge in [-0.25, -0.2) is 4.68 Å². The van der Waals surface area contributed by atoms with Crippen LogP contribution in [-0.2, 0) is 16.1 Å². The molecule has 1 N–H and O–H groups in total. The normalized spacial score (nSPS) is 14.9. The number of fused-ring (bicyclic) bond motifs is 1. The van der Waals surface area contributed by atoms with Crippen molar-refractivity contribution in [1.29, 1.82) is 0 Å². The Morgan fingerprint density at radius 1 is 1.05 bits per heavy atom. The van der Waals surface area contributed by atoms with Gasteiger partial charge >= 0.3 is 0 Å². The molecule has 6 rings (SSSR count). The van der Waals surface area contributed by atoms with Crippen LogP contribution in [0, 0.1) is 13.8 Å². The molecular formula is C32H29N5O2S2. The Bertz CT molecular complexity index is 1680. The minimum Gasteiger partial charge on any atom is -0.350 e. The monoisotopic (exact) mass is 579 g/mol. The summed E-state index contributed by atoms with van der Waals surface area (Å²) in [6.45, 7) is 4.32. The summed E-state index contributed by atoms with van der Waals surface area (Å²) in [7, 11) is 0. The van der Waals surface area contributed by atoms with E-state index in [-0.39, 0.29) is 29.4 Å². The molecule has 4 heterocycles. The number of hydrogen-bond acceptors (Lipinski definition) is 6. The zero-order valence-electron chi connectivity index (χ0n) is 22.8. The van der Waals surface area contributed by atoms with Crippen molar-refractivity contribution in [2.45, 2.75) is 25.6 Å². The van der Waals surface area contributed by atoms with E-state index in [2.05, 4.69) is 34.7 Å². The maximum absolute atomic E-state index is 13.8. The molecule has 5 aromatic rings. The molecule has 0 unspecified atom stereocenters. The van der Waals surface area contributed by atoms with Gasteiger partial charge in [0.15, 0.2) is 0 Å². The number of aryl methyl sites for hydroxylation is 2. The highest BCUT2D eigenvalue weighted by atomic mass is 32.2. The molecule has 41 heavy (non-hydrogen) atoms. The molecule has 0 spiro atoms. The fourth-order valence-corrected chi connectivity index (χ4v) is 7.28. The number of nitrogens with zero attached hydrogens (tertiary/aromatic N) is 4. The number of rotatable bonds is 7. The summed E-state index contributed by atoms with van der Waals surface area (Å²) in [6, 6.07) is 24.2. The largest absolute Gasteiger partial charge is 0.350 e. The lowest BCUT2D eigenvalue weighted by molar-refractivity contribution is -0.123. The summed E-state index contributed by atoms with van der Waals surface area (Å²) in [5, 5.41) is 10.1. The Labute approximate surface area is 247 Å². The molecular weight excluding hydrogens is 551 g/mol. The second-order valence-electron chi connectivity index (χ2n) is 9.98. The lowest BCUT2D eigenvalue weighted by Gasteiger charge is -2.23. The van der Waals surface area contributed by atoms with E-state index in [0.717, 1.165) is 44.1 Å². The average Bonchev–Trinajstić information content (AvgIpc) is 3.63. The molecule has 0 radical (unpaired) electrons. The van der Waals surface area contributed by atoms with E-state index < -0.39 is 0 Å². The molecule has 2 amide bonds. The molecule has 2 aromatic carbocycles. The maximum Gasteiger partial charge on any atom is 0.240 e. The SMILES string of the molecule is Cc1ccc(-n2nc(-c3ccccc3)c3c2N(CC(=O)NCc2cccnc2)C(=O)CS[C@H]3c2cccs2)c(C)c1. The Kier molecular flexibility index (Phi) is 7.71. The fraction of sp³-hybridized carbons (Fsp3) is 0.188. The number of amides is 2. The summed E-state index contributed by atoms with van der Waals surface area (Å²) in [5.41, 5.74) is 6.65. The van der Waals surface area contributed by atoms with Crippen LogP contribution in [0.25, 0.3) is 16.9 Å². The van der Waals surface area contributed by atoms with Crippen molar-refractivity contribution in [3.8, 4) is 16.9 Å². The van der Waals surface area contributed by atoms with Gasteiger partial charge < -0.3 is 5.32 Å². The fourth-order valence-electron chi connectivity index (χ4n) is 5.11. The lowest BCUT2D eigenvalue weighted by Crippen LogP contribution is -2.42. The molecule has 0 bridgehead atoms. The maximum atomic E-state index is 13.8. The number of benzene rings is 2. The molecule has 206 valence electrons. The van der Waals surface area contributed by atoms with Crippen LogP contribution in [0.5, 0.6) is 0 Å². The van der Waals surface area contributed by atoms with Gasteiger partial charge in [-0.05, 0) is 48.6 Å². The molecule has 0 aliphatic carbocycles. The molecule has 0 fully saturated rings. The van der Waals surface area contributed by atoms with Crippen LogP contribution in [0.3, 0.4) is 0 Å². The van der Waals surface area contributed by atoms with Crippen molar-refractivity contribution in [3.63, 3.8) is 0 Å². The first kappa shape index (κ1) is 27.0. The van der Waals surface area contributed by atoms with Crippen LogP contribution in [-0.4, -0.2) is 38.9 Å². The van der Waals surface area contributed by atoms with Gasteiger partial charge in [0.1, 0.15) is 12.4 Å². The zero-order valence-corrected chi connectivity index (χ0v) is 24.4.